The highest BCUT2D eigenvalue weighted by Crippen LogP contribution is 2.07. The summed E-state index contributed by atoms with van der Waals surface area (Å²) in [6.07, 6.45) is 2.16. The largest absolute Gasteiger partial charge is 0.467 e. The summed E-state index contributed by atoms with van der Waals surface area (Å²) in [6, 6.07) is 2.83. The molecule has 1 atom stereocenters. The second-order valence-corrected chi connectivity index (χ2v) is 5.60. The molecule has 0 radical (unpaired) electrons. The van der Waals surface area contributed by atoms with E-state index in [2.05, 4.69) is 10.6 Å². The van der Waals surface area contributed by atoms with Gasteiger partial charge in [0.25, 0.3) is 0 Å². The lowest BCUT2D eigenvalue weighted by Crippen LogP contribution is -2.51. The average molecular weight is 309 g/mol. The standard InChI is InChI=1S/C16H27N3O3/c1-5-19(6-2)16(21)18-14(10-12(3)4)15(20)17-11-13-8-7-9-22-13/h7-9,12,14H,5-6,10-11H2,1-4H3,(H,17,20)(H,18,21)/t14-/m0/s1. The molecule has 6 heteroatoms. The maximum absolute atomic E-state index is 12.3. The van der Waals surface area contributed by atoms with Gasteiger partial charge in [-0.15, -0.1) is 0 Å². The van der Waals surface area contributed by atoms with E-state index in [0.29, 0.717) is 37.7 Å². The van der Waals surface area contributed by atoms with Gasteiger partial charge in [-0.2, -0.15) is 0 Å². The molecule has 0 unspecified atom stereocenters. The highest BCUT2D eigenvalue weighted by molar-refractivity contribution is 5.87. The Morgan fingerprint density at radius 1 is 1.27 bits per heavy atom. The topological polar surface area (TPSA) is 74.6 Å². The second kappa shape index (κ2) is 9.12. The number of hydrogen-bond acceptors (Lipinski definition) is 3. The Morgan fingerprint density at radius 2 is 1.95 bits per heavy atom. The average Bonchev–Trinajstić information content (AvgIpc) is 2.98. The van der Waals surface area contributed by atoms with Crippen molar-refractivity contribution in [3.63, 3.8) is 0 Å². The first-order valence-electron chi connectivity index (χ1n) is 7.83. The van der Waals surface area contributed by atoms with Gasteiger partial charge < -0.3 is 20.0 Å². The number of amides is 3. The quantitative estimate of drug-likeness (QED) is 0.774. The van der Waals surface area contributed by atoms with Crippen LogP contribution in [0.2, 0.25) is 0 Å². The molecule has 3 amide bonds. The van der Waals surface area contributed by atoms with E-state index in [1.807, 2.05) is 27.7 Å². The fraction of sp³-hybridized carbons (Fsp3) is 0.625. The van der Waals surface area contributed by atoms with Crippen molar-refractivity contribution in [1.29, 1.82) is 0 Å². The Hall–Kier alpha value is -1.98. The molecule has 0 aliphatic rings. The van der Waals surface area contributed by atoms with E-state index in [-0.39, 0.29) is 11.9 Å². The SMILES string of the molecule is CCN(CC)C(=O)N[C@@H](CC(C)C)C(=O)NCc1ccco1. The van der Waals surface area contributed by atoms with Crippen molar-refractivity contribution in [1.82, 2.24) is 15.5 Å². The van der Waals surface area contributed by atoms with E-state index in [9.17, 15) is 9.59 Å². The van der Waals surface area contributed by atoms with Crippen LogP contribution in [-0.2, 0) is 11.3 Å². The molecule has 0 aliphatic carbocycles. The number of urea groups is 1. The minimum atomic E-state index is -0.539. The van der Waals surface area contributed by atoms with Crippen LogP contribution in [0.15, 0.2) is 22.8 Å². The third-order valence-corrected chi connectivity index (χ3v) is 3.39. The predicted octanol–water partition coefficient (Wildman–Crippen LogP) is 2.36. The van der Waals surface area contributed by atoms with Crippen LogP contribution in [0.1, 0.15) is 39.9 Å². The molecule has 2 N–H and O–H groups in total. The maximum atomic E-state index is 12.3. The molecule has 1 rings (SSSR count). The fourth-order valence-corrected chi connectivity index (χ4v) is 2.16. The van der Waals surface area contributed by atoms with E-state index in [1.165, 1.54) is 0 Å². The third-order valence-electron chi connectivity index (χ3n) is 3.39. The van der Waals surface area contributed by atoms with Gasteiger partial charge in [0, 0.05) is 13.1 Å². The highest BCUT2D eigenvalue weighted by Gasteiger charge is 2.23. The molecule has 0 bridgehead atoms. The summed E-state index contributed by atoms with van der Waals surface area (Å²) in [4.78, 5) is 26.1. The molecular weight excluding hydrogens is 282 g/mol. The first kappa shape index (κ1) is 18.1. The lowest BCUT2D eigenvalue weighted by Gasteiger charge is -2.25. The summed E-state index contributed by atoms with van der Waals surface area (Å²) < 4.78 is 5.19. The van der Waals surface area contributed by atoms with Crippen molar-refractivity contribution < 1.29 is 14.0 Å². The Labute approximate surface area is 132 Å². The summed E-state index contributed by atoms with van der Waals surface area (Å²) in [5, 5.41) is 5.63. The molecule has 0 aromatic carbocycles. The molecule has 124 valence electrons. The molecule has 6 nitrogen and oxygen atoms in total. The summed E-state index contributed by atoms with van der Waals surface area (Å²) in [6.45, 7) is 9.43. The van der Waals surface area contributed by atoms with Gasteiger partial charge in [-0.1, -0.05) is 13.8 Å². The molecule has 1 aromatic rings. The smallest absolute Gasteiger partial charge is 0.318 e. The van der Waals surface area contributed by atoms with E-state index in [0.717, 1.165) is 0 Å². The maximum Gasteiger partial charge on any atom is 0.318 e. The third kappa shape index (κ3) is 5.79. The van der Waals surface area contributed by atoms with Gasteiger partial charge in [0.1, 0.15) is 11.8 Å². The van der Waals surface area contributed by atoms with Gasteiger partial charge in [-0.3, -0.25) is 4.79 Å². The van der Waals surface area contributed by atoms with Crippen LogP contribution in [0.5, 0.6) is 0 Å². The normalized spacial score (nSPS) is 12.0. The molecule has 0 fully saturated rings. The second-order valence-electron chi connectivity index (χ2n) is 5.60. The van der Waals surface area contributed by atoms with Gasteiger partial charge in [0.2, 0.25) is 5.91 Å². The Morgan fingerprint density at radius 3 is 2.45 bits per heavy atom. The van der Waals surface area contributed by atoms with Gasteiger partial charge in [-0.25, -0.2) is 4.79 Å². The molecule has 1 aromatic heterocycles. The number of hydrogen-bond donors (Lipinski definition) is 2. The number of carbonyl (C=O) groups excluding carboxylic acids is 2. The van der Waals surface area contributed by atoms with Crippen LogP contribution in [0.3, 0.4) is 0 Å². The minimum Gasteiger partial charge on any atom is -0.467 e. The van der Waals surface area contributed by atoms with Gasteiger partial charge in [0.05, 0.1) is 12.8 Å². The van der Waals surface area contributed by atoms with Crippen molar-refractivity contribution in [3.05, 3.63) is 24.2 Å². The highest BCUT2D eigenvalue weighted by atomic mass is 16.3. The predicted molar refractivity (Wildman–Crippen MR) is 85.3 cm³/mol. The Balaban J connectivity index is 2.61. The molecule has 0 spiro atoms. The Bertz CT molecular complexity index is 453. The monoisotopic (exact) mass is 309 g/mol. The van der Waals surface area contributed by atoms with Crippen molar-refractivity contribution in [2.45, 2.75) is 46.7 Å². The fourth-order valence-electron chi connectivity index (χ4n) is 2.16. The lowest BCUT2D eigenvalue weighted by atomic mass is 10.0. The van der Waals surface area contributed by atoms with Crippen LogP contribution in [0, 0.1) is 5.92 Å². The lowest BCUT2D eigenvalue weighted by molar-refractivity contribution is -0.123. The number of carbonyl (C=O) groups is 2. The zero-order chi connectivity index (χ0) is 16.5. The van der Waals surface area contributed by atoms with Crippen LogP contribution in [0.25, 0.3) is 0 Å². The number of nitrogens with zero attached hydrogens (tertiary/aromatic N) is 1. The summed E-state index contributed by atoms with van der Waals surface area (Å²) >= 11 is 0. The van der Waals surface area contributed by atoms with E-state index in [4.69, 9.17) is 4.42 Å². The Kier molecular flexibility index (Phi) is 7.49. The molecule has 0 aliphatic heterocycles. The number of rotatable bonds is 8. The number of furan rings is 1. The van der Waals surface area contributed by atoms with Gasteiger partial charge >= 0.3 is 6.03 Å². The zero-order valence-electron chi connectivity index (χ0n) is 13.9. The van der Waals surface area contributed by atoms with Crippen molar-refractivity contribution in [2.24, 2.45) is 5.92 Å². The summed E-state index contributed by atoms with van der Waals surface area (Å²) in [5.41, 5.74) is 0. The summed E-state index contributed by atoms with van der Waals surface area (Å²) in [5.74, 6) is 0.800. The van der Waals surface area contributed by atoms with Crippen LogP contribution < -0.4 is 10.6 Å². The molecule has 1 heterocycles. The molecular formula is C16H27N3O3. The van der Waals surface area contributed by atoms with E-state index >= 15 is 0 Å². The van der Waals surface area contributed by atoms with Crippen molar-refractivity contribution in [2.75, 3.05) is 13.1 Å². The van der Waals surface area contributed by atoms with E-state index < -0.39 is 6.04 Å². The van der Waals surface area contributed by atoms with Crippen molar-refractivity contribution in [3.8, 4) is 0 Å². The van der Waals surface area contributed by atoms with Gasteiger partial charge in [0.15, 0.2) is 0 Å². The first-order valence-corrected chi connectivity index (χ1v) is 7.83. The first-order chi connectivity index (χ1) is 10.5. The molecule has 0 saturated heterocycles. The van der Waals surface area contributed by atoms with E-state index in [1.54, 1.807) is 23.3 Å². The summed E-state index contributed by atoms with van der Waals surface area (Å²) in [7, 11) is 0. The molecule has 0 saturated carbocycles. The number of nitrogens with one attached hydrogen (secondary N) is 2. The molecule has 22 heavy (non-hydrogen) atoms. The van der Waals surface area contributed by atoms with Crippen LogP contribution in [-0.4, -0.2) is 36.0 Å². The van der Waals surface area contributed by atoms with Gasteiger partial charge in [-0.05, 0) is 38.3 Å². The van der Waals surface area contributed by atoms with Crippen LogP contribution >= 0.6 is 0 Å². The van der Waals surface area contributed by atoms with Crippen molar-refractivity contribution >= 4 is 11.9 Å². The van der Waals surface area contributed by atoms with Crippen LogP contribution in [0.4, 0.5) is 4.79 Å². The minimum absolute atomic E-state index is 0.189. The zero-order valence-corrected chi connectivity index (χ0v) is 13.9.